The van der Waals surface area contributed by atoms with Crippen LogP contribution in [0.15, 0.2) is 53.7 Å². The number of rotatable bonds is 8. The number of aromatic nitrogens is 1. The van der Waals surface area contributed by atoms with Gasteiger partial charge in [0.1, 0.15) is 0 Å². The maximum absolute atomic E-state index is 14.1. The zero-order chi connectivity index (χ0) is 27.7. The van der Waals surface area contributed by atoms with Crippen molar-refractivity contribution >= 4 is 30.6 Å². The van der Waals surface area contributed by atoms with Gasteiger partial charge in [-0.1, -0.05) is 31.6 Å². The zero-order valence-corrected chi connectivity index (χ0v) is 22.3. The minimum atomic E-state index is -1.03. The number of nitrogens with zero attached hydrogens (tertiary/aromatic N) is 2. The molecule has 3 aliphatic rings. The molecule has 2 N–H and O–H groups in total. The lowest BCUT2D eigenvalue weighted by atomic mass is 9.58. The third-order valence-electron chi connectivity index (χ3n) is 8.26. The molecule has 0 unspecified atom stereocenters. The van der Waals surface area contributed by atoms with E-state index in [9.17, 15) is 24.1 Å². The van der Waals surface area contributed by atoms with Crippen molar-refractivity contribution in [1.82, 2.24) is 9.88 Å². The van der Waals surface area contributed by atoms with Crippen LogP contribution in [0.25, 0.3) is 11.6 Å². The molecule has 204 valence electrons. The van der Waals surface area contributed by atoms with Crippen LogP contribution in [-0.4, -0.2) is 51.6 Å². The Bertz CT molecular complexity index is 1310. The van der Waals surface area contributed by atoms with Gasteiger partial charge in [0.05, 0.1) is 23.6 Å². The van der Waals surface area contributed by atoms with Gasteiger partial charge in [-0.25, -0.2) is 4.39 Å². The van der Waals surface area contributed by atoms with Gasteiger partial charge < -0.3 is 14.8 Å². The number of carbonyl (C=O) groups excluding carboxylic acids is 2. The molecule has 2 saturated heterocycles. The smallest absolute Gasteiger partial charge is 0.455 e. The summed E-state index contributed by atoms with van der Waals surface area (Å²) >= 11 is 0. The second-order valence-corrected chi connectivity index (χ2v) is 10.6. The molecule has 2 fully saturated rings. The van der Waals surface area contributed by atoms with Crippen molar-refractivity contribution in [1.29, 1.82) is 0 Å². The SMILES string of the molecule is CCCN1C(=O)[C@@H]2[C@@H](CC(CC)=C3[C@@H](CC/C(=C/c4ccc(O)c(F)c4)c4ccccn4)OB(O)C[C@@H]32)C1=O. The van der Waals surface area contributed by atoms with E-state index in [1.54, 1.807) is 12.3 Å². The van der Waals surface area contributed by atoms with E-state index in [-0.39, 0.29) is 23.7 Å². The monoisotopic (exact) mass is 532 g/mol. The highest BCUT2D eigenvalue weighted by molar-refractivity contribution is 6.43. The van der Waals surface area contributed by atoms with Crippen LogP contribution in [0.4, 0.5) is 4.39 Å². The number of hydrogen-bond acceptors (Lipinski definition) is 6. The minimum Gasteiger partial charge on any atom is -0.505 e. The van der Waals surface area contributed by atoms with E-state index in [4.69, 9.17) is 4.65 Å². The average molecular weight is 532 g/mol. The molecule has 2 aliphatic heterocycles. The molecule has 5 rings (SSSR count). The number of carbonyl (C=O) groups is 2. The van der Waals surface area contributed by atoms with Crippen LogP contribution in [0.3, 0.4) is 0 Å². The number of amides is 2. The summed E-state index contributed by atoms with van der Waals surface area (Å²) in [5.74, 6) is -2.38. The number of likely N-dealkylation sites (tertiary alicyclic amines) is 1. The summed E-state index contributed by atoms with van der Waals surface area (Å²) in [6.45, 7) is 4.44. The molecule has 9 heteroatoms. The van der Waals surface area contributed by atoms with Crippen LogP contribution in [0.1, 0.15) is 57.2 Å². The molecule has 7 nitrogen and oxygen atoms in total. The standard InChI is InChI=1S/C30H34BFN2O5/c1-3-13-34-29(36)21-16-19(4-2)27-22(28(21)30(34)37)17-31(38)39-26(27)11-9-20(24-7-5-6-12-33-24)14-18-8-10-25(35)23(32)15-18/h5-8,10,12,14-15,21-22,26,28,35,38H,3-4,9,11,13,16-17H2,1-2H3/b20-14-/t21-,22+,26-,28-/m1/s1. The number of halogens is 1. The van der Waals surface area contributed by atoms with Gasteiger partial charge in [0.2, 0.25) is 11.8 Å². The molecule has 0 spiro atoms. The summed E-state index contributed by atoms with van der Waals surface area (Å²) in [7, 11) is -1.03. The van der Waals surface area contributed by atoms with E-state index >= 15 is 0 Å². The van der Waals surface area contributed by atoms with Crippen LogP contribution in [0, 0.1) is 23.6 Å². The van der Waals surface area contributed by atoms with Gasteiger partial charge >= 0.3 is 7.12 Å². The highest BCUT2D eigenvalue weighted by atomic mass is 19.1. The fraction of sp³-hybridized carbons (Fsp3) is 0.433. The number of hydrogen-bond donors (Lipinski definition) is 2. The Labute approximate surface area is 228 Å². The van der Waals surface area contributed by atoms with Gasteiger partial charge in [-0.15, -0.1) is 0 Å². The molecule has 1 aliphatic carbocycles. The Hall–Kier alpha value is -3.30. The molecule has 4 atom stereocenters. The van der Waals surface area contributed by atoms with Crippen LogP contribution < -0.4 is 0 Å². The van der Waals surface area contributed by atoms with Crippen LogP contribution >= 0.6 is 0 Å². The molecule has 39 heavy (non-hydrogen) atoms. The second kappa shape index (κ2) is 11.4. The zero-order valence-electron chi connectivity index (χ0n) is 22.3. The van der Waals surface area contributed by atoms with Crippen molar-refractivity contribution in [2.75, 3.05) is 6.54 Å². The summed E-state index contributed by atoms with van der Waals surface area (Å²) in [6, 6.07) is 9.83. The van der Waals surface area contributed by atoms with Crippen molar-refractivity contribution in [3.05, 3.63) is 70.8 Å². The Morgan fingerprint density at radius 1 is 1.21 bits per heavy atom. The van der Waals surface area contributed by atoms with Crippen LogP contribution in [-0.2, 0) is 14.2 Å². The largest absolute Gasteiger partial charge is 0.505 e. The van der Waals surface area contributed by atoms with Gasteiger partial charge in [0.15, 0.2) is 11.6 Å². The number of aromatic hydroxyl groups is 1. The minimum absolute atomic E-state index is 0.0871. The Morgan fingerprint density at radius 3 is 2.72 bits per heavy atom. The Kier molecular flexibility index (Phi) is 8.00. The third-order valence-corrected chi connectivity index (χ3v) is 8.26. The van der Waals surface area contributed by atoms with E-state index in [1.165, 1.54) is 17.0 Å². The molecule has 2 amide bonds. The van der Waals surface area contributed by atoms with E-state index in [0.29, 0.717) is 44.1 Å². The first-order chi connectivity index (χ1) is 18.8. The van der Waals surface area contributed by atoms with E-state index in [0.717, 1.165) is 28.8 Å². The topological polar surface area (TPSA) is 100.0 Å². The number of benzene rings is 1. The fourth-order valence-electron chi connectivity index (χ4n) is 6.54. The summed E-state index contributed by atoms with van der Waals surface area (Å²) in [5, 5.41) is 20.3. The number of phenols is 1. The second-order valence-electron chi connectivity index (χ2n) is 10.6. The summed E-state index contributed by atoms with van der Waals surface area (Å²) in [4.78, 5) is 32.5. The van der Waals surface area contributed by atoms with Gasteiger partial charge in [0.25, 0.3) is 0 Å². The van der Waals surface area contributed by atoms with Gasteiger partial charge in [0, 0.05) is 12.7 Å². The first-order valence-electron chi connectivity index (χ1n) is 13.8. The lowest BCUT2D eigenvalue weighted by molar-refractivity contribution is -0.140. The van der Waals surface area contributed by atoms with Crippen molar-refractivity contribution in [3.63, 3.8) is 0 Å². The van der Waals surface area contributed by atoms with Crippen molar-refractivity contribution in [2.45, 2.75) is 58.4 Å². The highest BCUT2D eigenvalue weighted by Crippen LogP contribution is 2.51. The number of allylic oxidation sites excluding steroid dienone is 2. The average Bonchev–Trinajstić information content (AvgIpc) is 3.17. The molecular weight excluding hydrogens is 498 g/mol. The third kappa shape index (κ3) is 5.30. The Morgan fingerprint density at radius 2 is 2.03 bits per heavy atom. The van der Waals surface area contributed by atoms with Gasteiger partial charge in [-0.2, -0.15) is 0 Å². The molecule has 0 radical (unpaired) electrons. The lowest BCUT2D eigenvalue weighted by Gasteiger charge is -2.43. The van der Waals surface area contributed by atoms with E-state index < -0.39 is 30.7 Å². The first-order valence-corrected chi connectivity index (χ1v) is 13.8. The number of pyridine rings is 1. The highest BCUT2D eigenvalue weighted by Gasteiger charge is 2.56. The normalized spacial score (nSPS) is 25.3. The lowest BCUT2D eigenvalue weighted by Crippen LogP contribution is -2.46. The fourth-order valence-corrected chi connectivity index (χ4v) is 6.54. The Balaban J connectivity index is 1.46. The molecule has 2 aromatic rings. The molecule has 3 heterocycles. The molecule has 0 saturated carbocycles. The first kappa shape index (κ1) is 27.3. The molecule has 1 aromatic heterocycles. The van der Waals surface area contributed by atoms with Crippen molar-refractivity contribution in [3.8, 4) is 5.75 Å². The van der Waals surface area contributed by atoms with Crippen LogP contribution in [0.5, 0.6) is 5.75 Å². The summed E-state index contributed by atoms with van der Waals surface area (Å²) in [6.07, 6.45) is 6.47. The van der Waals surface area contributed by atoms with Gasteiger partial charge in [-0.3, -0.25) is 19.5 Å². The quantitative estimate of drug-likeness (QED) is 0.286. The molecule has 0 bridgehead atoms. The number of phenolic OH excluding ortho intramolecular Hbond substituents is 1. The molecular formula is C30H34BFN2O5. The predicted octanol–water partition coefficient (Wildman–Crippen LogP) is 4.86. The van der Waals surface area contributed by atoms with Crippen molar-refractivity contribution < 1.29 is 28.8 Å². The maximum Gasteiger partial charge on any atom is 0.455 e. The van der Waals surface area contributed by atoms with E-state index in [1.807, 2.05) is 31.2 Å². The maximum atomic E-state index is 14.1. The summed E-state index contributed by atoms with van der Waals surface area (Å²) in [5.41, 5.74) is 4.38. The summed E-state index contributed by atoms with van der Waals surface area (Å²) < 4.78 is 20.1. The molecule has 1 aromatic carbocycles. The van der Waals surface area contributed by atoms with E-state index in [2.05, 4.69) is 11.9 Å². The predicted molar refractivity (Wildman–Crippen MR) is 146 cm³/mol. The number of fused-ring (bicyclic) bond motifs is 3. The van der Waals surface area contributed by atoms with Gasteiger partial charge in [-0.05, 0) is 91.4 Å². The number of imide groups is 1. The van der Waals surface area contributed by atoms with Crippen molar-refractivity contribution in [2.24, 2.45) is 17.8 Å². The van der Waals surface area contributed by atoms with Crippen LogP contribution in [0.2, 0.25) is 6.32 Å².